The number of halogens is 1. The molecule has 0 radical (unpaired) electrons. The van der Waals surface area contributed by atoms with Gasteiger partial charge >= 0.3 is 0 Å². The van der Waals surface area contributed by atoms with Gasteiger partial charge in [-0.2, -0.15) is 0 Å². The first-order valence-electron chi connectivity index (χ1n) is 9.07. The number of nitrogens with one attached hydrogen (secondary N) is 1. The zero-order valence-electron chi connectivity index (χ0n) is 15.6. The quantitative estimate of drug-likeness (QED) is 0.901. The number of carbonyl (C=O) groups excluding carboxylic acids is 2. The summed E-state index contributed by atoms with van der Waals surface area (Å²) >= 11 is 0. The number of benzene rings is 2. The molecule has 5 nitrogen and oxygen atoms in total. The van der Waals surface area contributed by atoms with Gasteiger partial charge in [-0.15, -0.1) is 0 Å². The highest BCUT2D eigenvalue weighted by Crippen LogP contribution is 2.21. The number of hydrogen-bond acceptors (Lipinski definition) is 3. The first kappa shape index (κ1) is 18.9. The Balaban J connectivity index is 1.89. The molecular weight excluding hydrogens is 345 g/mol. The molecular formula is C21H24FN3O2. The molecule has 0 spiro atoms. The predicted octanol–water partition coefficient (Wildman–Crippen LogP) is 2.47. The van der Waals surface area contributed by atoms with E-state index in [4.69, 9.17) is 0 Å². The molecule has 3 rings (SSSR count). The van der Waals surface area contributed by atoms with Crippen molar-refractivity contribution in [2.75, 3.05) is 32.1 Å². The van der Waals surface area contributed by atoms with E-state index < -0.39 is 11.9 Å². The molecule has 27 heavy (non-hydrogen) atoms. The number of nitrogens with zero attached hydrogens (tertiary/aromatic N) is 2. The Bertz CT molecular complexity index is 823. The van der Waals surface area contributed by atoms with Crippen LogP contribution in [0.2, 0.25) is 0 Å². The van der Waals surface area contributed by atoms with E-state index in [1.807, 2.05) is 30.3 Å². The van der Waals surface area contributed by atoms with E-state index in [2.05, 4.69) is 5.32 Å². The molecule has 1 N–H and O–H groups in total. The van der Waals surface area contributed by atoms with Crippen LogP contribution in [0.1, 0.15) is 22.3 Å². The van der Waals surface area contributed by atoms with Crippen LogP contribution in [0, 0.1) is 5.82 Å². The van der Waals surface area contributed by atoms with Crippen molar-refractivity contribution >= 4 is 17.5 Å². The highest BCUT2D eigenvalue weighted by Gasteiger charge is 2.32. The number of anilines is 1. The molecule has 0 aromatic heterocycles. The predicted molar refractivity (Wildman–Crippen MR) is 103 cm³/mol. The van der Waals surface area contributed by atoms with Gasteiger partial charge in [0.25, 0.3) is 5.91 Å². The number of amides is 2. The number of hydrogen-bond donors (Lipinski definition) is 1. The molecule has 0 aliphatic carbocycles. The van der Waals surface area contributed by atoms with Gasteiger partial charge in [0, 0.05) is 39.2 Å². The van der Waals surface area contributed by atoms with Gasteiger partial charge in [0.1, 0.15) is 11.9 Å². The van der Waals surface area contributed by atoms with Crippen LogP contribution in [0.25, 0.3) is 0 Å². The van der Waals surface area contributed by atoms with E-state index in [0.29, 0.717) is 31.6 Å². The second-order valence-corrected chi connectivity index (χ2v) is 6.91. The summed E-state index contributed by atoms with van der Waals surface area (Å²) in [5.41, 5.74) is 1.65. The molecule has 6 heteroatoms. The summed E-state index contributed by atoms with van der Waals surface area (Å²) < 4.78 is 14.3. The van der Waals surface area contributed by atoms with E-state index in [1.165, 1.54) is 6.07 Å². The molecule has 1 unspecified atom stereocenters. The van der Waals surface area contributed by atoms with Crippen LogP contribution in [0.4, 0.5) is 10.1 Å². The highest BCUT2D eigenvalue weighted by molar-refractivity contribution is 5.98. The lowest BCUT2D eigenvalue weighted by Gasteiger charge is -2.29. The zero-order chi connectivity index (χ0) is 19.4. The summed E-state index contributed by atoms with van der Waals surface area (Å²) in [6, 6.07) is 13.4. The van der Waals surface area contributed by atoms with E-state index >= 15 is 0 Å². The second kappa shape index (κ2) is 8.20. The largest absolute Gasteiger partial charge is 0.375 e. The maximum absolute atomic E-state index is 14.3. The maximum atomic E-state index is 14.3. The summed E-state index contributed by atoms with van der Waals surface area (Å²) in [6.07, 6.45) is 1.09. The topological polar surface area (TPSA) is 52.7 Å². The Labute approximate surface area is 158 Å². The first-order chi connectivity index (χ1) is 13.0. The molecule has 1 aliphatic heterocycles. The summed E-state index contributed by atoms with van der Waals surface area (Å²) in [6.45, 7) is 0.980. The first-order valence-corrected chi connectivity index (χ1v) is 9.07. The molecule has 1 aliphatic rings. The van der Waals surface area contributed by atoms with E-state index in [0.717, 1.165) is 5.56 Å². The van der Waals surface area contributed by atoms with Crippen molar-refractivity contribution < 1.29 is 14.0 Å². The molecule has 0 saturated carbocycles. The zero-order valence-corrected chi connectivity index (χ0v) is 15.6. The molecule has 2 amide bonds. The highest BCUT2D eigenvalue weighted by atomic mass is 19.1. The van der Waals surface area contributed by atoms with Crippen LogP contribution < -0.4 is 10.2 Å². The van der Waals surface area contributed by atoms with Crippen molar-refractivity contribution in [2.24, 2.45) is 0 Å². The molecule has 142 valence electrons. The van der Waals surface area contributed by atoms with Crippen LogP contribution in [0.15, 0.2) is 48.5 Å². The van der Waals surface area contributed by atoms with Crippen LogP contribution in [0.3, 0.4) is 0 Å². The van der Waals surface area contributed by atoms with E-state index in [1.54, 1.807) is 36.0 Å². The maximum Gasteiger partial charge on any atom is 0.254 e. The molecule has 2 aromatic rings. The van der Waals surface area contributed by atoms with Crippen molar-refractivity contribution in [1.82, 2.24) is 10.2 Å². The smallest absolute Gasteiger partial charge is 0.254 e. The van der Waals surface area contributed by atoms with Crippen molar-refractivity contribution in [3.63, 3.8) is 0 Å². The number of rotatable bonds is 4. The van der Waals surface area contributed by atoms with E-state index in [9.17, 15) is 14.0 Å². The molecule has 1 heterocycles. The van der Waals surface area contributed by atoms with Gasteiger partial charge in [-0.25, -0.2) is 4.39 Å². The lowest BCUT2D eigenvalue weighted by Crippen LogP contribution is -2.48. The van der Waals surface area contributed by atoms with Crippen LogP contribution in [0.5, 0.6) is 0 Å². The summed E-state index contributed by atoms with van der Waals surface area (Å²) in [5.74, 6) is -0.947. The summed E-state index contributed by atoms with van der Waals surface area (Å²) in [4.78, 5) is 28.9. The molecule has 1 saturated heterocycles. The fourth-order valence-corrected chi connectivity index (χ4v) is 3.33. The van der Waals surface area contributed by atoms with Gasteiger partial charge in [-0.1, -0.05) is 30.3 Å². The van der Waals surface area contributed by atoms with Crippen LogP contribution >= 0.6 is 0 Å². The van der Waals surface area contributed by atoms with Gasteiger partial charge in [-0.3, -0.25) is 9.59 Å². The van der Waals surface area contributed by atoms with Crippen molar-refractivity contribution in [3.05, 3.63) is 65.5 Å². The molecule has 1 atom stereocenters. The Morgan fingerprint density at radius 3 is 2.63 bits per heavy atom. The van der Waals surface area contributed by atoms with Crippen LogP contribution in [-0.2, 0) is 11.2 Å². The monoisotopic (exact) mass is 369 g/mol. The third-order valence-corrected chi connectivity index (χ3v) is 4.76. The van der Waals surface area contributed by atoms with Crippen molar-refractivity contribution in [1.29, 1.82) is 0 Å². The van der Waals surface area contributed by atoms with Crippen LogP contribution in [-0.4, -0.2) is 49.9 Å². The average Bonchev–Trinajstić information content (AvgIpc) is 2.83. The minimum atomic E-state index is -0.612. The second-order valence-electron chi connectivity index (χ2n) is 6.91. The van der Waals surface area contributed by atoms with Gasteiger partial charge in [-0.05, 0) is 30.2 Å². The van der Waals surface area contributed by atoms with Gasteiger partial charge < -0.3 is 15.1 Å². The third kappa shape index (κ3) is 4.27. The molecule has 2 aromatic carbocycles. The molecule has 1 fully saturated rings. The number of carbonyl (C=O) groups is 2. The summed E-state index contributed by atoms with van der Waals surface area (Å²) in [7, 11) is 3.49. The lowest BCUT2D eigenvalue weighted by atomic mass is 10.0. The normalized spacial score (nSPS) is 17.2. The standard InChI is InChI=1S/C21H24FN3O2/c1-24(2)18-10-9-16(14-17(18)22)21(27)25-12-6-11-23-20(26)19(25)13-15-7-4-3-5-8-15/h3-5,7-10,14,19H,6,11-13H2,1-2H3,(H,23,26). The minimum Gasteiger partial charge on any atom is -0.375 e. The Morgan fingerprint density at radius 2 is 1.96 bits per heavy atom. The minimum absolute atomic E-state index is 0.171. The SMILES string of the molecule is CN(C)c1ccc(C(=O)N2CCCNC(=O)C2Cc2ccccc2)cc1F. The fourth-order valence-electron chi connectivity index (χ4n) is 3.33. The Kier molecular flexibility index (Phi) is 5.74. The molecule has 0 bridgehead atoms. The Hall–Kier alpha value is -2.89. The van der Waals surface area contributed by atoms with Gasteiger partial charge in [0.05, 0.1) is 5.69 Å². The van der Waals surface area contributed by atoms with E-state index in [-0.39, 0.29) is 17.4 Å². The van der Waals surface area contributed by atoms with Gasteiger partial charge in [0.15, 0.2) is 0 Å². The van der Waals surface area contributed by atoms with Crippen molar-refractivity contribution in [2.45, 2.75) is 18.9 Å². The lowest BCUT2D eigenvalue weighted by molar-refractivity contribution is -0.124. The van der Waals surface area contributed by atoms with Crippen molar-refractivity contribution in [3.8, 4) is 0 Å². The fraction of sp³-hybridized carbons (Fsp3) is 0.333. The third-order valence-electron chi connectivity index (χ3n) is 4.76. The average molecular weight is 369 g/mol. The summed E-state index contributed by atoms with van der Waals surface area (Å²) in [5, 5.41) is 2.87. The van der Waals surface area contributed by atoms with Gasteiger partial charge in [0.2, 0.25) is 5.91 Å². The Morgan fingerprint density at radius 1 is 1.22 bits per heavy atom.